The molecule has 4 N–H and O–H groups in total. The molecule has 0 bridgehead atoms. The van der Waals surface area contributed by atoms with Gasteiger partial charge in [-0.05, 0) is 61.8 Å². The van der Waals surface area contributed by atoms with Crippen LogP contribution in [0, 0.1) is 0 Å². The van der Waals surface area contributed by atoms with Gasteiger partial charge in [-0.25, -0.2) is 0 Å². The van der Waals surface area contributed by atoms with Crippen LogP contribution in [0.3, 0.4) is 0 Å². The number of aromatic hydroxyl groups is 1. The van der Waals surface area contributed by atoms with E-state index in [1.807, 2.05) is 18.2 Å². The lowest BCUT2D eigenvalue weighted by atomic mass is 9.99. The number of hydrogen-bond donors (Lipinski definition) is 4. The summed E-state index contributed by atoms with van der Waals surface area (Å²) in [5, 5.41) is 32.1. The third-order valence-electron chi connectivity index (χ3n) is 4.44. The second-order valence-corrected chi connectivity index (χ2v) is 6.19. The zero-order valence-corrected chi connectivity index (χ0v) is 13.7. The van der Waals surface area contributed by atoms with E-state index in [1.54, 1.807) is 24.5 Å². The van der Waals surface area contributed by atoms with Crippen LogP contribution in [0.1, 0.15) is 12.8 Å². The Balaban J connectivity index is 1.60. The topological polar surface area (TPSA) is 98.8 Å². The Morgan fingerprint density at radius 2 is 1.92 bits per heavy atom. The molecule has 128 valence electrons. The molecule has 0 aliphatic carbocycles. The number of rotatable bonds is 4. The van der Waals surface area contributed by atoms with Gasteiger partial charge in [0.05, 0.1) is 11.9 Å². The van der Waals surface area contributed by atoms with Crippen LogP contribution < -0.4 is 10.6 Å². The van der Waals surface area contributed by atoms with Crippen molar-refractivity contribution in [1.29, 1.82) is 0 Å². The predicted molar refractivity (Wildman–Crippen MR) is 96.2 cm³/mol. The summed E-state index contributed by atoms with van der Waals surface area (Å²) in [6.45, 7) is 2.06. The van der Waals surface area contributed by atoms with Crippen molar-refractivity contribution < 1.29 is 5.11 Å². The number of anilines is 1. The van der Waals surface area contributed by atoms with Gasteiger partial charge in [0.1, 0.15) is 11.6 Å². The van der Waals surface area contributed by atoms with Crippen molar-refractivity contribution in [3.8, 4) is 28.1 Å². The summed E-state index contributed by atoms with van der Waals surface area (Å²) in [6.07, 6.45) is 5.69. The smallest absolute Gasteiger partial charge is 0.148 e. The Morgan fingerprint density at radius 1 is 1.04 bits per heavy atom. The van der Waals surface area contributed by atoms with Crippen LogP contribution in [0.4, 0.5) is 5.82 Å². The highest BCUT2D eigenvalue weighted by molar-refractivity contribution is 5.82. The largest absolute Gasteiger partial charge is 0.508 e. The number of benzene rings is 1. The average Bonchev–Trinajstić information content (AvgIpc) is 3.18. The highest BCUT2D eigenvalue weighted by Crippen LogP contribution is 2.33. The Morgan fingerprint density at radius 3 is 2.64 bits per heavy atom. The molecule has 1 aromatic carbocycles. The highest BCUT2D eigenvalue weighted by atomic mass is 16.3. The fourth-order valence-electron chi connectivity index (χ4n) is 3.12. The van der Waals surface area contributed by atoms with Crippen LogP contribution in [0.25, 0.3) is 22.4 Å². The summed E-state index contributed by atoms with van der Waals surface area (Å²) in [6, 6.07) is 9.56. The summed E-state index contributed by atoms with van der Waals surface area (Å²) in [7, 11) is 0. The summed E-state index contributed by atoms with van der Waals surface area (Å²) in [5.74, 6) is 0.997. The number of piperidine rings is 1. The number of aromatic amines is 1. The van der Waals surface area contributed by atoms with Gasteiger partial charge in [-0.3, -0.25) is 5.10 Å². The summed E-state index contributed by atoms with van der Waals surface area (Å²) in [4.78, 5) is 0. The quantitative estimate of drug-likeness (QED) is 0.584. The monoisotopic (exact) mass is 336 g/mol. The van der Waals surface area contributed by atoms with Crippen LogP contribution in [0.5, 0.6) is 5.75 Å². The third kappa shape index (κ3) is 3.46. The van der Waals surface area contributed by atoms with E-state index in [0.29, 0.717) is 6.04 Å². The fraction of sp³-hybridized carbons (Fsp3) is 0.278. The van der Waals surface area contributed by atoms with Crippen LogP contribution in [0.2, 0.25) is 0 Å². The maximum Gasteiger partial charge on any atom is 0.148 e. The van der Waals surface area contributed by atoms with Crippen LogP contribution in [0.15, 0.2) is 42.7 Å². The lowest BCUT2D eigenvalue weighted by Crippen LogP contribution is -2.35. The van der Waals surface area contributed by atoms with Gasteiger partial charge >= 0.3 is 0 Å². The molecule has 3 heterocycles. The van der Waals surface area contributed by atoms with Gasteiger partial charge in [0.2, 0.25) is 0 Å². The van der Waals surface area contributed by atoms with Gasteiger partial charge in [-0.2, -0.15) is 5.10 Å². The van der Waals surface area contributed by atoms with E-state index in [1.165, 1.54) is 0 Å². The average molecular weight is 336 g/mol. The number of phenolic OH excluding ortho intramolecular Hbond substituents is 1. The Labute approximate surface area is 145 Å². The molecule has 7 heteroatoms. The molecule has 4 rings (SSSR count). The molecule has 3 aromatic rings. The molecular weight excluding hydrogens is 316 g/mol. The maximum atomic E-state index is 9.83. The molecule has 25 heavy (non-hydrogen) atoms. The molecule has 1 fully saturated rings. The lowest BCUT2D eigenvalue weighted by molar-refractivity contribution is 0.475. The Bertz CT molecular complexity index is 825. The first-order valence-electron chi connectivity index (χ1n) is 8.43. The molecule has 0 amide bonds. The van der Waals surface area contributed by atoms with Gasteiger partial charge in [-0.1, -0.05) is 0 Å². The van der Waals surface area contributed by atoms with Crippen molar-refractivity contribution in [1.82, 2.24) is 25.7 Å². The first-order chi connectivity index (χ1) is 12.3. The van der Waals surface area contributed by atoms with E-state index >= 15 is 0 Å². The molecule has 0 saturated carbocycles. The third-order valence-corrected chi connectivity index (χ3v) is 4.44. The number of hydrogen-bond acceptors (Lipinski definition) is 6. The highest BCUT2D eigenvalue weighted by Gasteiger charge is 2.14. The zero-order chi connectivity index (χ0) is 17.1. The minimum atomic E-state index is 0.206. The van der Waals surface area contributed by atoms with Crippen molar-refractivity contribution in [2.75, 3.05) is 18.4 Å². The lowest BCUT2D eigenvalue weighted by Gasteiger charge is -2.23. The molecule has 1 saturated heterocycles. The molecule has 0 spiro atoms. The minimum absolute atomic E-state index is 0.206. The van der Waals surface area contributed by atoms with Crippen LogP contribution in [-0.2, 0) is 0 Å². The number of phenols is 1. The standard InChI is InChI=1S/C18H20N6O/c25-14-1-2-15(16(9-14)12-10-20-21-11-12)17-3-4-18(24-23-17)22-13-5-7-19-8-6-13/h1-4,9-11,13,19,25H,5-8H2,(H,20,21)(H,22,24). The molecule has 1 aliphatic rings. The zero-order valence-electron chi connectivity index (χ0n) is 13.7. The normalized spacial score (nSPS) is 15.2. The van der Waals surface area contributed by atoms with Crippen molar-refractivity contribution in [3.63, 3.8) is 0 Å². The first kappa shape index (κ1) is 15.6. The molecule has 2 aromatic heterocycles. The van der Waals surface area contributed by atoms with E-state index in [4.69, 9.17) is 0 Å². The molecular formula is C18H20N6O. The Hall–Kier alpha value is -2.93. The first-order valence-corrected chi connectivity index (χ1v) is 8.43. The van der Waals surface area contributed by atoms with Crippen LogP contribution in [-0.4, -0.2) is 44.6 Å². The fourth-order valence-corrected chi connectivity index (χ4v) is 3.12. The minimum Gasteiger partial charge on any atom is -0.508 e. The van der Waals surface area contributed by atoms with Gasteiger partial charge in [-0.15, -0.1) is 10.2 Å². The van der Waals surface area contributed by atoms with E-state index < -0.39 is 0 Å². The summed E-state index contributed by atoms with van der Waals surface area (Å²) >= 11 is 0. The number of nitrogens with zero attached hydrogens (tertiary/aromatic N) is 3. The van der Waals surface area contributed by atoms with E-state index in [-0.39, 0.29) is 5.75 Å². The van der Waals surface area contributed by atoms with Crippen molar-refractivity contribution in [2.45, 2.75) is 18.9 Å². The number of nitrogens with one attached hydrogen (secondary N) is 3. The van der Waals surface area contributed by atoms with E-state index in [9.17, 15) is 5.11 Å². The van der Waals surface area contributed by atoms with E-state index in [2.05, 4.69) is 31.0 Å². The van der Waals surface area contributed by atoms with Gasteiger partial charge in [0.15, 0.2) is 0 Å². The Kier molecular flexibility index (Phi) is 4.30. The second kappa shape index (κ2) is 6.90. The number of H-pyrrole nitrogens is 1. The maximum absolute atomic E-state index is 9.83. The van der Waals surface area contributed by atoms with Crippen molar-refractivity contribution >= 4 is 5.82 Å². The molecule has 0 radical (unpaired) electrons. The SMILES string of the molecule is Oc1ccc(-c2ccc(NC3CCNCC3)nn2)c(-c2cn[nH]c2)c1. The predicted octanol–water partition coefficient (Wildman–Crippen LogP) is 2.40. The molecule has 0 unspecified atom stereocenters. The van der Waals surface area contributed by atoms with Gasteiger partial charge in [0, 0.05) is 23.4 Å². The van der Waals surface area contributed by atoms with Crippen LogP contribution >= 0.6 is 0 Å². The summed E-state index contributed by atoms with van der Waals surface area (Å²) < 4.78 is 0. The summed E-state index contributed by atoms with van der Waals surface area (Å²) in [5.41, 5.74) is 3.42. The second-order valence-electron chi connectivity index (χ2n) is 6.19. The molecule has 0 atom stereocenters. The van der Waals surface area contributed by atoms with Crippen molar-refractivity contribution in [3.05, 3.63) is 42.7 Å². The van der Waals surface area contributed by atoms with Gasteiger partial charge < -0.3 is 15.7 Å². The number of aromatic nitrogens is 4. The molecule has 7 nitrogen and oxygen atoms in total. The van der Waals surface area contributed by atoms with E-state index in [0.717, 1.165) is 54.1 Å². The van der Waals surface area contributed by atoms with Gasteiger partial charge in [0.25, 0.3) is 0 Å². The molecule has 1 aliphatic heterocycles. The van der Waals surface area contributed by atoms with Crippen molar-refractivity contribution in [2.24, 2.45) is 0 Å².